The van der Waals surface area contributed by atoms with E-state index in [1.54, 1.807) is 11.9 Å². The summed E-state index contributed by atoms with van der Waals surface area (Å²) in [6, 6.07) is 8.65. The predicted octanol–water partition coefficient (Wildman–Crippen LogP) is 3.56. The lowest BCUT2D eigenvalue weighted by Crippen LogP contribution is -2.50. The molecule has 1 aromatic carbocycles. The highest BCUT2D eigenvalue weighted by molar-refractivity contribution is 5.99. The summed E-state index contributed by atoms with van der Waals surface area (Å²) in [6.07, 6.45) is 6.15. The minimum Gasteiger partial charge on any atom is -0.509 e. The number of nitrogens with zero attached hydrogens (tertiary/aromatic N) is 2. The van der Waals surface area contributed by atoms with Gasteiger partial charge in [-0.05, 0) is 30.4 Å². The number of carbonyl (C=O) groups is 2. The Hall–Kier alpha value is -2.63. The van der Waals surface area contributed by atoms with Gasteiger partial charge in [0, 0.05) is 32.0 Å². The van der Waals surface area contributed by atoms with Crippen molar-refractivity contribution in [1.82, 2.24) is 9.80 Å². The number of aldehydes is 1. The first-order valence-corrected chi connectivity index (χ1v) is 10.5. The molecule has 2 N–H and O–H groups in total. The van der Waals surface area contributed by atoms with Crippen molar-refractivity contribution in [2.45, 2.75) is 57.3 Å². The summed E-state index contributed by atoms with van der Waals surface area (Å²) in [7, 11) is 1.67. The molecule has 1 saturated heterocycles. The molecule has 1 amide bonds. The smallest absolute Gasteiger partial charge is 0.273 e. The number of amidine groups is 1. The van der Waals surface area contributed by atoms with E-state index in [4.69, 9.17) is 5.41 Å². The number of hydrogen-bond acceptors (Lipinski definition) is 4. The number of rotatable bonds is 6. The zero-order valence-corrected chi connectivity index (χ0v) is 17.4. The van der Waals surface area contributed by atoms with Crippen LogP contribution in [0.1, 0.15) is 56.6 Å². The Bertz CT molecular complexity index is 824. The van der Waals surface area contributed by atoms with E-state index in [1.807, 2.05) is 0 Å². The van der Waals surface area contributed by atoms with Gasteiger partial charge in [-0.3, -0.25) is 10.2 Å². The molecule has 0 atom stereocenters. The maximum absolute atomic E-state index is 12.7. The zero-order chi connectivity index (χ0) is 21.0. The van der Waals surface area contributed by atoms with Gasteiger partial charge in [0.05, 0.1) is 6.42 Å². The number of likely N-dealkylation sites (N-methyl/N-ethyl adjacent to an activating group) is 1. The number of aryl methyl sites for hydroxylation is 1. The van der Waals surface area contributed by atoms with Crippen molar-refractivity contribution >= 4 is 18.0 Å². The van der Waals surface area contributed by atoms with E-state index >= 15 is 0 Å². The highest BCUT2D eigenvalue weighted by atomic mass is 16.3. The van der Waals surface area contributed by atoms with Crippen LogP contribution in [0.15, 0.2) is 35.7 Å². The summed E-state index contributed by atoms with van der Waals surface area (Å²) in [5.74, 6) is -0.258. The van der Waals surface area contributed by atoms with E-state index in [1.165, 1.54) is 16.0 Å². The van der Waals surface area contributed by atoms with Gasteiger partial charge in [-0.2, -0.15) is 0 Å². The van der Waals surface area contributed by atoms with Crippen LogP contribution in [-0.2, 0) is 21.4 Å². The number of carbonyl (C=O) groups excluding carboxylic acids is 2. The predicted molar refractivity (Wildman–Crippen MR) is 113 cm³/mol. The molecule has 3 rings (SSSR count). The molecular formula is C23H31N3O3. The van der Waals surface area contributed by atoms with Gasteiger partial charge >= 0.3 is 0 Å². The van der Waals surface area contributed by atoms with E-state index in [-0.39, 0.29) is 29.2 Å². The molecule has 1 heterocycles. The fraction of sp³-hybridized carbons (Fsp3) is 0.522. The number of amides is 1. The van der Waals surface area contributed by atoms with Gasteiger partial charge in [-0.1, -0.05) is 44.0 Å². The lowest BCUT2D eigenvalue weighted by molar-refractivity contribution is -0.129. The molecule has 2 aliphatic rings. The third kappa shape index (κ3) is 4.21. The fourth-order valence-corrected chi connectivity index (χ4v) is 4.64. The van der Waals surface area contributed by atoms with Gasteiger partial charge in [0.15, 0.2) is 0 Å². The molecule has 1 aromatic rings. The van der Waals surface area contributed by atoms with Gasteiger partial charge < -0.3 is 19.7 Å². The molecular weight excluding hydrogens is 366 g/mol. The molecule has 0 unspecified atom stereocenters. The number of nitrogens with one attached hydrogen (secondary N) is 1. The van der Waals surface area contributed by atoms with Crippen molar-refractivity contribution in [3.63, 3.8) is 0 Å². The van der Waals surface area contributed by atoms with E-state index < -0.39 is 0 Å². The van der Waals surface area contributed by atoms with Gasteiger partial charge in [0.2, 0.25) is 0 Å². The summed E-state index contributed by atoms with van der Waals surface area (Å²) >= 11 is 0. The van der Waals surface area contributed by atoms with E-state index in [0.29, 0.717) is 31.6 Å². The SMILES string of the molecule is CCc1cccc(C2(CC(=N)N3CCN(C)C(=O)/C3=C(\O)CC=O)CCCC2)c1. The normalized spacial score (nSPS) is 20.7. The average molecular weight is 398 g/mol. The minimum atomic E-state index is -0.339. The monoisotopic (exact) mass is 397 g/mol. The number of hydrogen-bond donors (Lipinski definition) is 2. The van der Waals surface area contributed by atoms with Crippen molar-refractivity contribution in [1.29, 1.82) is 5.41 Å². The van der Waals surface area contributed by atoms with Crippen LogP contribution < -0.4 is 0 Å². The van der Waals surface area contributed by atoms with Crippen LogP contribution in [-0.4, -0.2) is 53.1 Å². The molecule has 0 spiro atoms. The number of piperazine rings is 1. The molecule has 1 aliphatic heterocycles. The van der Waals surface area contributed by atoms with E-state index in [2.05, 4.69) is 31.2 Å². The Labute approximate surface area is 172 Å². The van der Waals surface area contributed by atoms with Crippen molar-refractivity contribution in [2.24, 2.45) is 0 Å². The van der Waals surface area contributed by atoms with Crippen LogP contribution in [0.25, 0.3) is 0 Å². The molecule has 6 nitrogen and oxygen atoms in total. The largest absolute Gasteiger partial charge is 0.509 e. The number of allylic oxidation sites excluding steroid dienone is 1. The average Bonchev–Trinajstić information content (AvgIpc) is 3.19. The Balaban J connectivity index is 1.92. The molecule has 6 heteroatoms. The highest BCUT2D eigenvalue weighted by Gasteiger charge is 2.40. The van der Waals surface area contributed by atoms with Gasteiger partial charge in [-0.25, -0.2) is 0 Å². The van der Waals surface area contributed by atoms with Crippen LogP contribution in [0, 0.1) is 5.41 Å². The van der Waals surface area contributed by atoms with Crippen LogP contribution in [0.5, 0.6) is 0 Å². The summed E-state index contributed by atoms with van der Waals surface area (Å²) in [5.41, 5.74) is 2.52. The fourth-order valence-electron chi connectivity index (χ4n) is 4.64. The maximum atomic E-state index is 12.7. The van der Waals surface area contributed by atoms with Crippen LogP contribution >= 0.6 is 0 Å². The molecule has 29 heavy (non-hydrogen) atoms. The molecule has 1 aliphatic carbocycles. The number of benzene rings is 1. The standard InChI is InChI=1S/C23H31N3O3/c1-3-17-7-6-8-18(15-17)23(10-4-5-11-23)16-20(24)26-13-12-25(2)22(29)21(26)19(28)9-14-27/h6-8,14-15,24,28H,3-5,9-13,16H2,1-2H3/b21-19+,24-20?. The Morgan fingerprint density at radius 1 is 1.28 bits per heavy atom. The van der Waals surface area contributed by atoms with Gasteiger partial charge in [0.25, 0.3) is 5.91 Å². The Morgan fingerprint density at radius 3 is 2.66 bits per heavy atom. The van der Waals surface area contributed by atoms with Crippen LogP contribution in [0.4, 0.5) is 0 Å². The molecule has 1 saturated carbocycles. The molecule has 156 valence electrons. The summed E-state index contributed by atoms with van der Waals surface area (Å²) in [6.45, 7) is 3.08. The summed E-state index contributed by atoms with van der Waals surface area (Å²) in [4.78, 5) is 26.7. The summed E-state index contributed by atoms with van der Waals surface area (Å²) in [5, 5.41) is 19.2. The first kappa shape index (κ1) is 21.1. The lowest BCUT2D eigenvalue weighted by atomic mass is 9.75. The van der Waals surface area contributed by atoms with Crippen LogP contribution in [0.3, 0.4) is 0 Å². The van der Waals surface area contributed by atoms with E-state index in [0.717, 1.165) is 32.1 Å². The number of aliphatic hydroxyl groups excluding tert-OH is 1. The van der Waals surface area contributed by atoms with Crippen molar-refractivity contribution in [3.8, 4) is 0 Å². The quantitative estimate of drug-likeness (QED) is 0.253. The second-order valence-electron chi connectivity index (χ2n) is 8.21. The Morgan fingerprint density at radius 2 is 2.00 bits per heavy atom. The first-order valence-electron chi connectivity index (χ1n) is 10.5. The lowest BCUT2D eigenvalue weighted by Gasteiger charge is -2.39. The third-order valence-corrected chi connectivity index (χ3v) is 6.37. The minimum absolute atomic E-state index is 0.0753. The van der Waals surface area contributed by atoms with Gasteiger partial charge in [-0.15, -0.1) is 0 Å². The number of aliphatic hydroxyl groups is 1. The molecule has 0 radical (unpaired) electrons. The van der Waals surface area contributed by atoms with Gasteiger partial charge in [0.1, 0.15) is 23.6 Å². The first-order chi connectivity index (χ1) is 13.9. The molecule has 0 aromatic heterocycles. The Kier molecular flexibility index (Phi) is 6.40. The second kappa shape index (κ2) is 8.80. The molecule has 0 bridgehead atoms. The van der Waals surface area contributed by atoms with Crippen molar-refractivity contribution < 1.29 is 14.7 Å². The maximum Gasteiger partial charge on any atom is 0.273 e. The van der Waals surface area contributed by atoms with Crippen LogP contribution in [0.2, 0.25) is 0 Å². The summed E-state index contributed by atoms with van der Waals surface area (Å²) < 4.78 is 0. The highest BCUT2D eigenvalue weighted by Crippen LogP contribution is 2.45. The van der Waals surface area contributed by atoms with Crippen molar-refractivity contribution in [2.75, 3.05) is 20.1 Å². The topological polar surface area (TPSA) is 84.7 Å². The molecule has 2 fully saturated rings. The van der Waals surface area contributed by atoms with Crippen molar-refractivity contribution in [3.05, 3.63) is 46.8 Å². The third-order valence-electron chi connectivity index (χ3n) is 6.37. The zero-order valence-electron chi connectivity index (χ0n) is 17.4. The second-order valence-corrected chi connectivity index (χ2v) is 8.21. The van der Waals surface area contributed by atoms with E-state index in [9.17, 15) is 14.7 Å².